The highest BCUT2D eigenvalue weighted by atomic mass is 19.1. The van der Waals surface area contributed by atoms with Gasteiger partial charge in [-0.3, -0.25) is 4.79 Å². The SMILES string of the molecule is CCC(C)(F)c1ccc(CC(=O)OC2CCCc3cc(OC)ccc32)cc1. The number of carbonyl (C=O) groups is 1. The molecule has 0 saturated heterocycles. The Hall–Kier alpha value is -2.36. The van der Waals surface area contributed by atoms with Crippen molar-refractivity contribution in [2.75, 3.05) is 7.11 Å². The first-order valence-corrected chi connectivity index (χ1v) is 9.57. The molecule has 27 heavy (non-hydrogen) atoms. The molecule has 0 spiro atoms. The summed E-state index contributed by atoms with van der Waals surface area (Å²) < 4.78 is 25.4. The number of halogens is 1. The van der Waals surface area contributed by atoms with Crippen molar-refractivity contribution >= 4 is 5.97 Å². The molecule has 3 nitrogen and oxygen atoms in total. The van der Waals surface area contributed by atoms with Gasteiger partial charge in [-0.05, 0) is 67.0 Å². The Morgan fingerprint density at radius 2 is 1.96 bits per heavy atom. The van der Waals surface area contributed by atoms with Crippen LogP contribution in [0, 0.1) is 0 Å². The number of alkyl halides is 1. The molecule has 3 rings (SSSR count). The molecule has 0 heterocycles. The molecule has 2 aromatic carbocycles. The topological polar surface area (TPSA) is 35.5 Å². The van der Waals surface area contributed by atoms with E-state index in [9.17, 15) is 9.18 Å². The highest BCUT2D eigenvalue weighted by Gasteiger charge is 2.25. The number of benzene rings is 2. The summed E-state index contributed by atoms with van der Waals surface area (Å²) in [6.07, 6.45) is 3.19. The first kappa shape index (κ1) is 19.4. The highest BCUT2D eigenvalue weighted by Crippen LogP contribution is 2.35. The number of esters is 1. The minimum atomic E-state index is -1.34. The van der Waals surface area contributed by atoms with Gasteiger partial charge in [-0.2, -0.15) is 0 Å². The molecular formula is C23H27FO3. The molecule has 1 aliphatic carbocycles. The lowest BCUT2D eigenvalue weighted by Crippen LogP contribution is -2.18. The van der Waals surface area contributed by atoms with Crippen LogP contribution in [0.2, 0.25) is 0 Å². The average molecular weight is 370 g/mol. The summed E-state index contributed by atoms with van der Waals surface area (Å²) in [4.78, 5) is 12.4. The van der Waals surface area contributed by atoms with E-state index in [0.29, 0.717) is 12.0 Å². The monoisotopic (exact) mass is 370 g/mol. The molecule has 0 fully saturated rings. The second-order valence-corrected chi connectivity index (χ2v) is 7.36. The summed E-state index contributed by atoms with van der Waals surface area (Å²) >= 11 is 0. The molecule has 2 atom stereocenters. The third-order valence-corrected chi connectivity index (χ3v) is 5.45. The normalized spacial score (nSPS) is 18.3. The van der Waals surface area contributed by atoms with E-state index in [1.165, 1.54) is 5.56 Å². The predicted octanol–water partition coefficient (Wildman–Crippen LogP) is 5.45. The quantitative estimate of drug-likeness (QED) is 0.634. The maximum absolute atomic E-state index is 14.3. The van der Waals surface area contributed by atoms with Crippen molar-refractivity contribution in [1.82, 2.24) is 0 Å². The van der Waals surface area contributed by atoms with Crippen molar-refractivity contribution in [2.24, 2.45) is 0 Å². The van der Waals surface area contributed by atoms with Gasteiger partial charge < -0.3 is 9.47 Å². The molecule has 2 unspecified atom stereocenters. The van der Waals surface area contributed by atoms with E-state index in [2.05, 4.69) is 0 Å². The van der Waals surface area contributed by atoms with Crippen molar-refractivity contribution in [3.05, 3.63) is 64.7 Å². The number of carbonyl (C=O) groups excluding carboxylic acids is 1. The van der Waals surface area contributed by atoms with E-state index >= 15 is 0 Å². The van der Waals surface area contributed by atoms with Crippen LogP contribution in [0.5, 0.6) is 5.75 Å². The summed E-state index contributed by atoms with van der Waals surface area (Å²) in [5, 5.41) is 0. The standard InChI is InChI=1S/C23H27FO3/c1-4-23(2,24)18-10-8-16(9-11-18)14-22(25)27-21-7-5-6-17-15-19(26-3)12-13-20(17)21/h8-13,15,21H,4-7,14H2,1-3H3. The van der Waals surface area contributed by atoms with Crippen LogP contribution in [0.4, 0.5) is 4.39 Å². The third kappa shape index (κ3) is 4.49. The van der Waals surface area contributed by atoms with Gasteiger partial charge in [0.15, 0.2) is 0 Å². The van der Waals surface area contributed by atoms with Crippen LogP contribution in [0.15, 0.2) is 42.5 Å². The molecule has 0 radical (unpaired) electrons. The third-order valence-electron chi connectivity index (χ3n) is 5.45. The maximum atomic E-state index is 14.3. The predicted molar refractivity (Wildman–Crippen MR) is 104 cm³/mol. The van der Waals surface area contributed by atoms with Crippen LogP contribution < -0.4 is 4.74 Å². The fourth-order valence-electron chi connectivity index (χ4n) is 3.54. The summed E-state index contributed by atoms with van der Waals surface area (Å²) in [5.74, 6) is 0.572. The van der Waals surface area contributed by atoms with Crippen molar-refractivity contribution < 1.29 is 18.7 Å². The molecule has 0 aromatic heterocycles. The minimum Gasteiger partial charge on any atom is -0.497 e. The Balaban J connectivity index is 1.65. The molecule has 0 N–H and O–H groups in total. The van der Waals surface area contributed by atoms with Gasteiger partial charge in [-0.1, -0.05) is 37.3 Å². The number of ether oxygens (including phenoxy) is 2. The second kappa shape index (κ2) is 8.12. The first-order chi connectivity index (χ1) is 12.9. The van der Waals surface area contributed by atoms with Gasteiger partial charge in [-0.25, -0.2) is 4.39 Å². The Labute approximate surface area is 160 Å². The molecule has 0 bridgehead atoms. The molecular weight excluding hydrogens is 343 g/mol. The number of rotatable bonds is 6. The van der Waals surface area contributed by atoms with Gasteiger partial charge in [0, 0.05) is 0 Å². The zero-order chi connectivity index (χ0) is 19.4. The molecule has 4 heteroatoms. The lowest BCUT2D eigenvalue weighted by Gasteiger charge is -2.26. The van der Waals surface area contributed by atoms with Gasteiger partial charge in [0.25, 0.3) is 0 Å². The van der Waals surface area contributed by atoms with Crippen LogP contribution in [-0.2, 0) is 28.0 Å². The number of hydrogen-bond donors (Lipinski definition) is 0. The summed E-state index contributed by atoms with van der Waals surface area (Å²) in [6, 6.07) is 13.1. The van der Waals surface area contributed by atoms with Gasteiger partial charge >= 0.3 is 5.97 Å². The van der Waals surface area contributed by atoms with Gasteiger partial charge in [0.1, 0.15) is 17.5 Å². The molecule has 0 saturated carbocycles. The zero-order valence-electron chi connectivity index (χ0n) is 16.3. The van der Waals surface area contributed by atoms with Crippen LogP contribution >= 0.6 is 0 Å². The van der Waals surface area contributed by atoms with Crippen LogP contribution in [-0.4, -0.2) is 13.1 Å². The number of methoxy groups -OCH3 is 1. The average Bonchev–Trinajstić information content (AvgIpc) is 2.68. The molecule has 2 aromatic rings. The molecule has 0 amide bonds. The van der Waals surface area contributed by atoms with E-state index in [4.69, 9.17) is 9.47 Å². The van der Waals surface area contributed by atoms with E-state index in [0.717, 1.165) is 36.1 Å². The Kier molecular flexibility index (Phi) is 5.83. The van der Waals surface area contributed by atoms with Gasteiger partial charge in [-0.15, -0.1) is 0 Å². The largest absolute Gasteiger partial charge is 0.497 e. The van der Waals surface area contributed by atoms with Crippen LogP contribution in [0.25, 0.3) is 0 Å². The lowest BCUT2D eigenvalue weighted by atomic mass is 9.89. The summed E-state index contributed by atoms with van der Waals surface area (Å²) in [5.41, 5.74) is 2.39. The van der Waals surface area contributed by atoms with Gasteiger partial charge in [0.05, 0.1) is 13.5 Å². The number of fused-ring (bicyclic) bond motifs is 1. The fraction of sp³-hybridized carbons (Fsp3) is 0.435. The minimum absolute atomic E-state index is 0.192. The van der Waals surface area contributed by atoms with Crippen molar-refractivity contribution in [3.8, 4) is 5.75 Å². The summed E-state index contributed by atoms with van der Waals surface area (Å²) in [6.45, 7) is 3.40. The first-order valence-electron chi connectivity index (χ1n) is 9.57. The van der Waals surface area contributed by atoms with E-state index in [1.54, 1.807) is 26.2 Å². The van der Waals surface area contributed by atoms with Crippen molar-refractivity contribution in [1.29, 1.82) is 0 Å². The van der Waals surface area contributed by atoms with Crippen molar-refractivity contribution in [2.45, 2.75) is 57.7 Å². The molecule has 0 aliphatic heterocycles. The maximum Gasteiger partial charge on any atom is 0.310 e. The van der Waals surface area contributed by atoms with Gasteiger partial charge in [0.2, 0.25) is 0 Å². The van der Waals surface area contributed by atoms with Crippen molar-refractivity contribution in [3.63, 3.8) is 0 Å². The lowest BCUT2D eigenvalue weighted by molar-refractivity contribution is -0.149. The second-order valence-electron chi connectivity index (χ2n) is 7.36. The van der Waals surface area contributed by atoms with E-state index in [1.807, 2.05) is 37.3 Å². The van der Waals surface area contributed by atoms with E-state index < -0.39 is 5.67 Å². The molecule has 144 valence electrons. The zero-order valence-corrected chi connectivity index (χ0v) is 16.3. The highest BCUT2D eigenvalue weighted by molar-refractivity contribution is 5.73. The molecule has 1 aliphatic rings. The van der Waals surface area contributed by atoms with E-state index in [-0.39, 0.29) is 18.5 Å². The summed E-state index contributed by atoms with van der Waals surface area (Å²) in [7, 11) is 1.65. The number of hydrogen-bond acceptors (Lipinski definition) is 3. The Bertz CT molecular complexity index is 796. The Morgan fingerprint density at radius 3 is 2.63 bits per heavy atom. The van der Waals surface area contributed by atoms with Crippen LogP contribution in [0.3, 0.4) is 0 Å². The Morgan fingerprint density at radius 1 is 1.22 bits per heavy atom. The number of aryl methyl sites for hydroxylation is 1. The smallest absolute Gasteiger partial charge is 0.310 e. The van der Waals surface area contributed by atoms with Crippen LogP contribution in [0.1, 0.15) is 61.5 Å². The fourth-order valence-corrected chi connectivity index (χ4v) is 3.54.